The predicted molar refractivity (Wildman–Crippen MR) is 72.7 cm³/mol. The van der Waals surface area contributed by atoms with Gasteiger partial charge in [0, 0.05) is 5.56 Å². The van der Waals surface area contributed by atoms with Crippen LogP contribution in [0.4, 0.5) is 0 Å². The summed E-state index contributed by atoms with van der Waals surface area (Å²) < 4.78 is 5.62. The molecule has 0 N–H and O–H groups in total. The van der Waals surface area contributed by atoms with Crippen molar-refractivity contribution in [2.75, 3.05) is 0 Å². The minimum atomic E-state index is 0.191. The van der Waals surface area contributed by atoms with Crippen LogP contribution in [-0.2, 0) is 0 Å². The first-order chi connectivity index (χ1) is 8.58. The molecule has 0 aliphatic heterocycles. The SMILES string of the molecule is Cc1cnnc(-c2ccc(OC(C)C)cc2)c1C. The summed E-state index contributed by atoms with van der Waals surface area (Å²) in [5, 5.41) is 8.22. The molecule has 0 saturated heterocycles. The van der Waals surface area contributed by atoms with Crippen LogP contribution in [0.25, 0.3) is 11.3 Å². The summed E-state index contributed by atoms with van der Waals surface area (Å²) in [7, 11) is 0. The van der Waals surface area contributed by atoms with E-state index in [2.05, 4.69) is 17.1 Å². The van der Waals surface area contributed by atoms with Gasteiger partial charge in [0.25, 0.3) is 0 Å². The highest BCUT2D eigenvalue weighted by Gasteiger charge is 2.06. The maximum Gasteiger partial charge on any atom is 0.119 e. The molecule has 2 aromatic rings. The monoisotopic (exact) mass is 242 g/mol. The van der Waals surface area contributed by atoms with Crippen LogP contribution in [0.2, 0.25) is 0 Å². The first kappa shape index (κ1) is 12.6. The summed E-state index contributed by atoms with van der Waals surface area (Å²) in [6.45, 7) is 8.15. The molecule has 1 aromatic carbocycles. The van der Waals surface area contributed by atoms with Crippen LogP contribution in [0.5, 0.6) is 5.75 Å². The fraction of sp³-hybridized carbons (Fsp3) is 0.333. The predicted octanol–water partition coefficient (Wildman–Crippen LogP) is 3.55. The largest absolute Gasteiger partial charge is 0.491 e. The Kier molecular flexibility index (Phi) is 3.60. The van der Waals surface area contributed by atoms with Crippen molar-refractivity contribution in [3.05, 3.63) is 41.6 Å². The zero-order chi connectivity index (χ0) is 13.1. The van der Waals surface area contributed by atoms with Crippen LogP contribution < -0.4 is 4.74 Å². The van der Waals surface area contributed by atoms with Gasteiger partial charge in [-0.15, -0.1) is 0 Å². The van der Waals surface area contributed by atoms with Gasteiger partial charge in [-0.1, -0.05) is 0 Å². The third kappa shape index (κ3) is 2.67. The molecule has 1 heterocycles. The van der Waals surface area contributed by atoms with E-state index in [0.717, 1.165) is 22.6 Å². The molecule has 0 aliphatic carbocycles. The van der Waals surface area contributed by atoms with Gasteiger partial charge in [-0.05, 0) is 63.1 Å². The molecule has 0 amide bonds. The van der Waals surface area contributed by atoms with Crippen molar-refractivity contribution in [2.24, 2.45) is 0 Å². The molecule has 0 bridgehead atoms. The second kappa shape index (κ2) is 5.17. The van der Waals surface area contributed by atoms with Crippen molar-refractivity contribution in [3.63, 3.8) is 0 Å². The first-order valence-electron chi connectivity index (χ1n) is 6.14. The minimum Gasteiger partial charge on any atom is -0.491 e. The Morgan fingerprint density at radius 3 is 2.33 bits per heavy atom. The number of ether oxygens (including phenoxy) is 1. The third-order valence-corrected chi connectivity index (χ3v) is 2.86. The molecular formula is C15H18N2O. The summed E-state index contributed by atoms with van der Waals surface area (Å²) in [5.41, 5.74) is 4.33. The van der Waals surface area contributed by atoms with Gasteiger partial charge in [-0.2, -0.15) is 10.2 Å². The third-order valence-electron chi connectivity index (χ3n) is 2.86. The van der Waals surface area contributed by atoms with E-state index in [-0.39, 0.29) is 6.10 Å². The van der Waals surface area contributed by atoms with Crippen molar-refractivity contribution in [3.8, 4) is 17.0 Å². The average molecular weight is 242 g/mol. The average Bonchev–Trinajstić information content (AvgIpc) is 2.33. The van der Waals surface area contributed by atoms with Crippen molar-refractivity contribution >= 4 is 0 Å². The van der Waals surface area contributed by atoms with E-state index in [9.17, 15) is 0 Å². The fourth-order valence-corrected chi connectivity index (χ4v) is 1.77. The molecule has 0 fully saturated rings. The maximum absolute atomic E-state index is 5.62. The molecule has 3 heteroatoms. The number of nitrogens with zero attached hydrogens (tertiary/aromatic N) is 2. The second-order valence-corrected chi connectivity index (χ2v) is 4.69. The summed E-state index contributed by atoms with van der Waals surface area (Å²) in [5.74, 6) is 0.881. The first-order valence-corrected chi connectivity index (χ1v) is 6.14. The van der Waals surface area contributed by atoms with Crippen LogP contribution in [0.3, 0.4) is 0 Å². The molecule has 2 rings (SSSR count). The number of benzene rings is 1. The van der Waals surface area contributed by atoms with Crippen LogP contribution in [0.15, 0.2) is 30.5 Å². The summed E-state index contributed by atoms with van der Waals surface area (Å²) >= 11 is 0. The highest BCUT2D eigenvalue weighted by Crippen LogP contribution is 2.24. The Labute approximate surface area is 108 Å². The zero-order valence-electron chi connectivity index (χ0n) is 11.3. The molecule has 94 valence electrons. The van der Waals surface area contributed by atoms with Gasteiger partial charge < -0.3 is 4.74 Å². The molecule has 0 radical (unpaired) electrons. The van der Waals surface area contributed by atoms with E-state index in [1.54, 1.807) is 6.20 Å². The van der Waals surface area contributed by atoms with Gasteiger partial charge in [0.1, 0.15) is 5.75 Å². The van der Waals surface area contributed by atoms with Crippen molar-refractivity contribution < 1.29 is 4.74 Å². The van der Waals surface area contributed by atoms with Crippen molar-refractivity contribution in [1.29, 1.82) is 0 Å². The Hall–Kier alpha value is -1.90. The Bertz CT molecular complexity index is 533. The van der Waals surface area contributed by atoms with Crippen LogP contribution >= 0.6 is 0 Å². The van der Waals surface area contributed by atoms with E-state index >= 15 is 0 Å². The number of hydrogen-bond donors (Lipinski definition) is 0. The molecule has 0 saturated carbocycles. The summed E-state index contributed by atoms with van der Waals surface area (Å²) in [4.78, 5) is 0. The molecule has 0 unspecified atom stereocenters. The molecular weight excluding hydrogens is 224 g/mol. The molecule has 0 atom stereocenters. The van der Waals surface area contributed by atoms with Gasteiger partial charge in [0.15, 0.2) is 0 Å². The number of aromatic nitrogens is 2. The van der Waals surface area contributed by atoms with Crippen LogP contribution in [0, 0.1) is 13.8 Å². The molecule has 0 spiro atoms. The van der Waals surface area contributed by atoms with Crippen LogP contribution in [0.1, 0.15) is 25.0 Å². The number of rotatable bonds is 3. The number of hydrogen-bond acceptors (Lipinski definition) is 3. The normalized spacial score (nSPS) is 10.7. The lowest BCUT2D eigenvalue weighted by Gasteiger charge is -2.11. The highest BCUT2D eigenvalue weighted by atomic mass is 16.5. The lowest BCUT2D eigenvalue weighted by atomic mass is 10.0. The Morgan fingerprint density at radius 1 is 1.06 bits per heavy atom. The Morgan fingerprint density at radius 2 is 1.72 bits per heavy atom. The lowest BCUT2D eigenvalue weighted by Crippen LogP contribution is -2.05. The van der Waals surface area contributed by atoms with Gasteiger partial charge in [0.2, 0.25) is 0 Å². The van der Waals surface area contributed by atoms with E-state index in [1.807, 2.05) is 45.0 Å². The summed E-state index contributed by atoms with van der Waals surface area (Å²) in [6.07, 6.45) is 1.98. The maximum atomic E-state index is 5.62. The number of aryl methyl sites for hydroxylation is 1. The van der Waals surface area contributed by atoms with E-state index in [4.69, 9.17) is 4.74 Å². The highest BCUT2D eigenvalue weighted by molar-refractivity contribution is 5.64. The van der Waals surface area contributed by atoms with Gasteiger partial charge >= 0.3 is 0 Å². The second-order valence-electron chi connectivity index (χ2n) is 4.69. The quantitative estimate of drug-likeness (QED) is 0.825. The topological polar surface area (TPSA) is 35.0 Å². The van der Waals surface area contributed by atoms with Gasteiger partial charge in [-0.25, -0.2) is 0 Å². The van der Waals surface area contributed by atoms with Gasteiger partial charge in [-0.3, -0.25) is 0 Å². The van der Waals surface area contributed by atoms with Gasteiger partial charge in [0.05, 0.1) is 18.0 Å². The van der Waals surface area contributed by atoms with E-state index < -0.39 is 0 Å². The molecule has 18 heavy (non-hydrogen) atoms. The van der Waals surface area contributed by atoms with Crippen molar-refractivity contribution in [1.82, 2.24) is 10.2 Å². The van der Waals surface area contributed by atoms with E-state index in [1.165, 1.54) is 5.56 Å². The smallest absolute Gasteiger partial charge is 0.119 e. The lowest BCUT2D eigenvalue weighted by molar-refractivity contribution is 0.242. The van der Waals surface area contributed by atoms with Crippen LogP contribution in [-0.4, -0.2) is 16.3 Å². The molecule has 1 aromatic heterocycles. The molecule has 3 nitrogen and oxygen atoms in total. The zero-order valence-corrected chi connectivity index (χ0v) is 11.3. The molecule has 0 aliphatic rings. The van der Waals surface area contributed by atoms with Crippen molar-refractivity contribution in [2.45, 2.75) is 33.8 Å². The standard InChI is InChI=1S/C15H18N2O/c1-10(2)18-14-7-5-13(6-8-14)15-12(4)11(3)9-16-17-15/h5-10H,1-4H3. The Balaban J connectivity index is 2.32. The van der Waals surface area contributed by atoms with E-state index in [0.29, 0.717) is 0 Å². The summed E-state index contributed by atoms with van der Waals surface area (Å²) in [6, 6.07) is 7.99. The minimum absolute atomic E-state index is 0.191. The fourth-order valence-electron chi connectivity index (χ4n) is 1.77.